The van der Waals surface area contributed by atoms with E-state index >= 15 is 0 Å². The van der Waals surface area contributed by atoms with E-state index in [-0.39, 0.29) is 34.3 Å². The molecule has 2 aromatic carbocycles. The molecule has 0 spiro atoms. The number of aryl methyl sites for hydroxylation is 2. The van der Waals surface area contributed by atoms with Crippen LogP contribution in [0.4, 0.5) is 4.39 Å². The maximum absolute atomic E-state index is 14.1. The number of aromatic nitrogens is 3. The van der Waals surface area contributed by atoms with E-state index < -0.39 is 0 Å². The highest BCUT2D eigenvalue weighted by Crippen LogP contribution is 2.29. The van der Waals surface area contributed by atoms with Gasteiger partial charge in [-0.25, -0.2) is 9.18 Å². The first-order valence-corrected chi connectivity index (χ1v) is 16.5. The number of H-pyrrole nitrogens is 1. The summed E-state index contributed by atoms with van der Waals surface area (Å²) in [5.74, 6) is 0.0659. The molecule has 9 nitrogen and oxygen atoms in total. The van der Waals surface area contributed by atoms with Crippen LogP contribution in [0, 0.1) is 12.7 Å². The predicted molar refractivity (Wildman–Crippen MR) is 194 cm³/mol. The number of aromatic amines is 1. The smallest absolute Gasteiger partial charge is 0.354 e. The third-order valence-corrected chi connectivity index (χ3v) is 7.91. The van der Waals surface area contributed by atoms with E-state index in [4.69, 9.17) is 17.2 Å². The molecule has 0 saturated carbocycles. The second kappa shape index (κ2) is 16.2. The zero-order valence-corrected chi connectivity index (χ0v) is 29.5. The van der Waals surface area contributed by atoms with Crippen molar-refractivity contribution < 1.29 is 4.39 Å². The Morgan fingerprint density at radius 2 is 1.70 bits per heavy atom. The minimum Gasteiger partial charge on any atom is -0.370 e. The van der Waals surface area contributed by atoms with E-state index in [0.29, 0.717) is 12.2 Å². The lowest BCUT2D eigenvalue weighted by Crippen LogP contribution is -2.23. The zero-order valence-electron chi connectivity index (χ0n) is 29.5. The number of nitrogens with one attached hydrogen (secondary N) is 2. The highest BCUT2D eigenvalue weighted by Gasteiger charge is 2.21. The van der Waals surface area contributed by atoms with Crippen LogP contribution in [0.5, 0.6) is 0 Å². The maximum atomic E-state index is 14.1. The molecule has 47 heavy (non-hydrogen) atoms. The van der Waals surface area contributed by atoms with Gasteiger partial charge in [-0.1, -0.05) is 65.8 Å². The first kappa shape index (κ1) is 37.4. The Balaban J connectivity index is 0.000000287. The quantitative estimate of drug-likeness (QED) is 0.0781. The summed E-state index contributed by atoms with van der Waals surface area (Å²) in [5, 5.41) is 4.27. The van der Waals surface area contributed by atoms with Crippen LogP contribution >= 0.6 is 0 Å². The first-order valence-electron chi connectivity index (χ1n) is 16.5. The van der Waals surface area contributed by atoms with E-state index in [1.165, 1.54) is 5.56 Å². The molecule has 0 unspecified atom stereocenters. The Kier molecular flexibility index (Phi) is 12.9. The van der Waals surface area contributed by atoms with Gasteiger partial charge in [0, 0.05) is 41.8 Å². The van der Waals surface area contributed by atoms with Crippen molar-refractivity contribution in [2.24, 2.45) is 22.2 Å². The fraction of sp³-hybridized carbons (Fsp3) is 0.486. The summed E-state index contributed by atoms with van der Waals surface area (Å²) in [5.41, 5.74) is 22.3. The summed E-state index contributed by atoms with van der Waals surface area (Å²) < 4.78 is 15.7. The average Bonchev–Trinajstić information content (AvgIpc) is 3.40. The van der Waals surface area contributed by atoms with Crippen molar-refractivity contribution in [2.45, 2.75) is 104 Å². The second-order valence-corrected chi connectivity index (χ2v) is 14.5. The van der Waals surface area contributed by atoms with Crippen molar-refractivity contribution >= 4 is 17.0 Å². The number of guanidine groups is 1. The van der Waals surface area contributed by atoms with Crippen LogP contribution in [-0.4, -0.2) is 39.6 Å². The van der Waals surface area contributed by atoms with Crippen LogP contribution in [0.2, 0.25) is 0 Å². The summed E-state index contributed by atoms with van der Waals surface area (Å²) in [7, 11) is 0. The van der Waals surface area contributed by atoms with E-state index in [1.807, 2.05) is 56.4 Å². The number of rotatable bonds is 11. The fourth-order valence-electron chi connectivity index (χ4n) is 5.17. The van der Waals surface area contributed by atoms with Gasteiger partial charge in [-0.05, 0) is 91.9 Å². The van der Waals surface area contributed by atoms with Crippen LogP contribution < -0.4 is 28.2 Å². The van der Waals surface area contributed by atoms with Gasteiger partial charge < -0.3 is 27.5 Å². The number of fused-ring (bicyclic) bond motifs is 1. The van der Waals surface area contributed by atoms with Crippen LogP contribution in [0.1, 0.15) is 95.7 Å². The molecule has 0 aliphatic rings. The van der Waals surface area contributed by atoms with Gasteiger partial charge in [0.15, 0.2) is 5.96 Å². The van der Waals surface area contributed by atoms with Gasteiger partial charge in [0.1, 0.15) is 11.5 Å². The van der Waals surface area contributed by atoms with Crippen molar-refractivity contribution in [3.63, 3.8) is 0 Å². The lowest BCUT2D eigenvalue weighted by atomic mass is 9.84. The molecule has 1 atom stereocenters. The van der Waals surface area contributed by atoms with Gasteiger partial charge in [-0.2, -0.15) is 4.98 Å². The molecule has 2 heterocycles. The van der Waals surface area contributed by atoms with E-state index in [9.17, 15) is 9.18 Å². The minimum absolute atomic E-state index is 0.0352. The Hall–Kier alpha value is -4.02. The predicted octanol–water partition coefficient (Wildman–Crippen LogP) is 5.87. The number of nitrogens with zero attached hydrogens (tertiary/aromatic N) is 3. The highest BCUT2D eigenvalue weighted by atomic mass is 19.1. The van der Waals surface area contributed by atoms with Crippen LogP contribution in [-0.2, 0) is 23.8 Å². The third kappa shape index (κ3) is 11.3. The van der Waals surface area contributed by atoms with Gasteiger partial charge in [-0.15, -0.1) is 0 Å². The topological polar surface area (TPSA) is 153 Å². The molecule has 0 radical (unpaired) electrons. The molecule has 0 fully saturated rings. The van der Waals surface area contributed by atoms with Crippen molar-refractivity contribution in [3.8, 4) is 5.69 Å². The molecule has 256 valence electrons. The molecule has 0 amide bonds. The molecular formula is C37H55FN8O. The number of aliphatic imine (C=N–C) groups is 1. The lowest BCUT2D eigenvalue weighted by Gasteiger charge is -2.22. The number of hydrogen-bond donors (Lipinski definition) is 5. The van der Waals surface area contributed by atoms with E-state index in [2.05, 4.69) is 67.9 Å². The molecule has 2 aromatic heterocycles. The van der Waals surface area contributed by atoms with Gasteiger partial charge in [-0.3, -0.25) is 9.56 Å². The Bertz CT molecular complexity index is 1690. The van der Waals surface area contributed by atoms with Gasteiger partial charge in [0.2, 0.25) is 0 Å². The molecule has 0 aliphatic heterocycles. The normalized spacial score (nSPS) is 12.5. The number of nitrogens with two attached hydrogens (primary N) is 3. The van der Waals surface area contributed by atoms with Crippen molar-refractivity contribution in [1.29, 1.82) is 0 Å². The average molecular weight is 647 g/mol. The van der Waals surface area contributed by atoms with Gasteiger partial charge in [0.05, 0.1) is 5.69 Å². The molecule has 8 N–H and O–H groups in total. The summed E-state index contributed by atoms with van der Waals surface area (Å²) in [6.45, 7) is 18.6. The molecule has 0 saturated heterocycles. The molecule has 4 aromatic rings. The zero-order chi connectivity index (χ0) is 34.9. The number of halogens is 1. The Morgan fingerprint density at radius 1 is 1.02 bits per heavy atom. The monoisotopic (exact) mass is 646 g/mol. The van der Waals surface area contributed by atoms with Gasteiger partial charge >= 0.3 is 5.69 Å². The lowest BCUT2D eigenvalue weighted by molar-refractivity contribution is 0.516. The van der Waals surface area contributed by atoms with Crippen molar-refractivity contribution in [1.82, 2.24) is 19.9 Å². The largest absolute Gasteiger partial charge is 0.370 e. The summed E-state index contributed by atoms with van der Waals surface area (Å²) in [6, 6.07) is 14.2. The molecule has 4 rings (SSSR count). The van der Waals surface area contributed by atoms with E-state index in [1.54, 1.807) is 4.57 Å². The maximum Gasteiger partial charge on any atom is 0.354 e. The van der Waals surface area contributed by atoms with Crippen LogP contribution in [0.3, 0.4) is 0 Å². The molecule has 10 heteroatoms. The molecule has 0 bridgehead atoms. The Labute approximate surface area is 279 Å². The summed E-state index contributed by atoms with van der Waals surface area (Å²) in [6.07, 6.45) is 5.76. The Morgan fingerprint density at radius 3 is 2.30 bits per heavy atom. The SMILES string of the molecule is CC(C)(C)c1cc2cn(-c3ccc(CNCCCN=C(N)N)cc3)c(=O)nc2[nH]1.Cc1cc(CCC[C@H](C)N)cc(C(C)(C)C)c1F. The van der Waals surface area contributed by atoms with Crippen LogP contribution in [0.15, 0.2) is 58.4 Å². The van der Waals surface area contributed by atoms with Crippen molar-refractivity contribution in [3.05, 3.63) is 92.9 Å². The first-order chi connectivity index (χ1) is 22.0. The molecular weight excluding hydrogens is 591 g/mol. The number of benzene rings is 2. The standard InChI is InChI=1S/C21H29N7O.C16H26FN/c1-21(2,3)17-11-15-13-28(20(29)27-18(15)26-17)16-7-5-14(6-8-16)12-24-9-4-10-25-19(22)23;1-11-9-13(8-6-7-12(2)18)10-14(15(11)17)16(3,4)5/h5-8,11,13,24H,4,9-10,12H2,1-3H3,(H4,22,23,25)(H,26,27,29);9-10,12H,6-8,18H2,1-5H3/t;12-/m.0/s1. The second-order valence-electron chi connectivity index (χ2n) is 14.5. The van der Waals surface area contributed by atoms with Crippen LogP contribution in [0.25, 0.3) is 16.7 Å². The summed E-state index contributed by atoms with van der Waals surface area (Å²) >= 11 is 0. The molecule has 0 aliphatic carbocycles. The fourth-order valence-corrected chi connectivity index (χ4v) is 5.17. The number of hydrogen-bond acceptors (Lipinski definition) is 5. The summed E-state index contributed by atoms with van der Waals surface area (Å²) in [4.78, 5) is 23.9. The van der Waals surface area contributed by atoms with Crippen molar-refractivity contribution in [2.75, 3.05) is 13.1 Å². The van der Waals surface area contributed by atoms with Gasteiger partial charge in [0.25, 0.3) is 0 Å². The van der Waals surface area contributed by atoms with E-state index in [0.717, 1.165) is 72.2 Å². The highest BCUT2D eigenvalue weighted by molar-refractivity contribution is 5.76. The third-order valence-electron chi connectivity index (χ3n) is 7.91. The minimum atomic E-state index is -0.301.